The Kier molecular flexibility index (Phi) is 3.80. The molecule has 0 saturated heterocycles. The van der Waals surface area contributed by atoms with Crippen molar-refractivity contribution in [1.82, 2.24) is 0 Å². The summed E-state index contributed by atoms with van der Waals surface area (Å²) in [4.78, 5) is -2.44. The predicted molar refractivity (Wildman–Crippen MR) is 72.2 cm³/mol. The fourth-order valence-electron chi connectivity index (χ4n) is 1.72. The quantitative estimate of drug-likeness (QED) is 0.650. The van der Waals surface area contributed by atoms with Crippen LogP contribution in [-0.2, 0) is 30.4 Å². The fourth-order valence-corrected chi connectivity index (χ4v) is 3.53. The highest BCUT2D eigenvalue weighted by atomic mass is 32.2. The van der Waals surface area contributed by atoms with E-state index in [-0.39, 0.29) is 10.8 Å². The van der Waals surface area contributed by atoms with Gasteiger partial charge in [-0.05, 0) is 35.7 Å². The van der Waals surface area contributed by atoms with Crippen molar-refractivity contribution in [3.63, 3.8) is 0 Å². The van der Waals surface area contributed by atoms with Gasteiger partial charge in [0, 0.05) is 5.39 Å². The van der Waals surface area contributed by atoms with Crippen molar-refractivity contribution in [3.05, 3.63) is 30.3 Å². The third-order valence-corrected chi connectivity index (χ3v) is 5.18. The second-order valence-corrected chi connectivity index (χ2v) is 8.38. The highest BCUT2D eigenvalue weighted by Gasteiger charge is 2.21. The SMILES string of the molecule is O=S(=O)(O)c1c[c]c2c(S(=O)(=O)O)cc(S(=O)(=O)O)cc2c1. The van der Waals surface area contributed by atoms with E-state index < -0.39 is 45.0 Å². The molecule has 0 spiro atoms. The first-order valence-corrected chi connectivity index (χ1v) is 9.54. The van der Waals surface area contributed by atoms with Gasteiger partial charge in [-0.1, -0.05) is 0 Å². The second kappa shape index (κ2) is 4.97. The van der Waals surface area contributed by atoms with Gasteiger partial charge in [0.15, 0.2) is 0 Å². The summed E-state index contributed by atoms with van der Waals surface area (Å²) in [7, 11) is -14.4. The number of rotatable bonds is 3. The lowest BCUT2D eigenvalue weighted by molar-refractivity contribution is 0.480. The Labute approximate surface area is 125 Å². The van der Waals surface area contributed by atoms with Gasteiger partial charge in [-0.25, -0.2) is 0 Å². The standard InChI is InChI=1S/C10H7O9S3/c11-20(12,13)7-1-2-9-6(3-7)4-8(21(14,15)16)5-10(9)22(17,18)19/h1,3-5H,(H,11,12,13)(H,14,15,16)(H,17,18,19). The number of hydrogen-bond donors (Lipinski definition) is 3. The summed E-state index contributed by atoms with van der Waals surface area (Å²) in [5.41, 5.74) is 0. The minimum atomic E-state index is -4.88. The summed E-state index contributed by atoms with van der Waals surface area (Å²) in [5, 5.41) is -0.611. The predicted octanol–water partition coefficient (Wildman–Crippen LogP) is 0.380. The average Bonchev–Trinajstić information content (AvgIpc) is 2.33. The normalized spacial score (nSPS) is 13.4. The average molecular weight is 367 g/mol. The molecule has 0 fully saturated rings. The molecule has 119 valence electrons. The van der Waals surface area contributed by atoms with Gasteiger partial charge >= 0.3 is 0 Å². The highest BCUT2D eigenvalue weighted by molar-refractivity contribution is 7.87. The van der Waals surface area contributed by atoms with Crippen LogP contribution < -0.4 is 0 Å². The molecule has 12 heteroatoms. The molecule has 2 aromatic carbocycles. The Morgan fingerprint density at radius 2 is 1.23 bits per heavy atom. The van der Waals surface area contributed by atoms with Gasteiger partial charge in [0.2, 0.25) is 0 Å². The van der Waals surface area contributed by atoms with Crippen LogP contribution in [0.15, 0.2) is 39.0 Å². The lowest BCUT2D eigenvalue weighted by Gasteiger charge is -2.07. The molecule has 2 rings (SSSR count). The van der Waals surface area contributed by atoms with Gasteiger partial charge in [0.25, 0.3) is 30.4 Å². The summed E-state index contributed by atoms with van der Waals surface area (Å²) < 4.78 is 94.0. The molecule has 0 heterocycles. The van der Waals surface area contributed by atoms with Crippen LogP contribution in [0.3, 0.4) is 0 Å². The molecule has 0 aliphatic rings. The molecular formula is C10H7O9S3. The van der Waals surface area contributed by atoms with Crippen molar-refractivity contribution in [2.24, 2.45) is 0 Å². The zero-order chi connectivity index (χ0) is 16.9. The van der Waals surface area contributed by atoms with Crippen LogP contribution in [0, 0.1) is 6.07 Å². The van der Waals surface area contributed by atoms with Gasteiger partial charge in [-0.15, -0.1) is 0 Å². The summed E-state index contributed by atoms with van der Waals surface area (Å²) in [6, 6.07) is 5.01. The largest absolute Gasteiger partial charge is 0.295 e. The van der Waals surface area contributed by atoms with Crippen LogP contribution in [0.2, 0.25) is 0 Å². The van der Waals surface area contributed by atoms with Crippen molar-refractivity contribution >= 4 is 41.1 Å². The number of fused-ring (bicyclic) bond motifs is 1. The van der Waals surface area contributed by atoms with Crippen molar-refractivity contribution < 1.29 is 38.9 Å². The Morgan fingerprint density at radius 1 is 0.727 bits per heavy atom. The van der Waals surface area contributed by atoms with Gasteiger partial charge in [0.05, 0.1) is 9.79 Å². The monoisotopic (exact) mass is 367 g/mol. The molecule has 0 aromatic heterocycles. The van der Waals surface area contributed by atoms with Crippen molar-refractivity contribution in [2.75, 3.05) is 0 Å². The van der Waals surface area contributed by atoms with E-state index in [9.17, 15) is 25.3 Å². The molecule has 0 saturated carbocycles. The molecule has 1 radical (unpaired) electrons. The third kappa shape index (κ3) is 3.26. The van der Waals surface area contributed by atoms with Gasteiger partial charge < -0.3 is 0 Å². The summed E-state index contributed by atoms with van der Waals surface area (Å²) >= 11 is 0. The van der Waals surface area contributed by atoms with Crippen LogP contribution >= 0.6 is 0 Å². The Hall–Kier alpha value is -1.57. The lowest BCUT2D eigenvalue weighted by Crippen LogP contribution is -2.05. The van der Waals surface area contributed by atoms with E-state index in [0.717, 1.165) is 18.2 Å². The summed E-state index contributed by atoms with van der Waals surface area (Å²) in [5.74, 6) is 0. The van der Waals surface area contributed by atoms with Gasteiger partial charge in [0.1, 0.15) is 4.90 Å². The van der Waals surface area contributed by atoms with Crippen LogP contribution in [0.5, 0.6) is 0 Å². The molecule has 2 aromatic rings. The molecule has 0 bridgehead atoms. The molecule has 0 aliphatic heterocycles. The zero-order valence-electron chi connectivity index (χ0n) is 10.3. The maximum Gasteiger partial charge on any atom is 0.295 e. The minimum absolute atomic E-state index is 0.294. The Morgan fingerprint density at radius 3 is 1.68 bits per heavy atom. The van der Waals surface area contributed by atoms with E-state index in [1.165, 1.54) is 0 Å². The Bertz CT molecular complexity index is 1070. The first-order chi connectivity index (χ1) is 9.80. The Balaban J connectivity index is 3.02. The maximum atomic E-state index is 11.3. The summed E-state index contributed by atoms with van der Waals surface area (Å²) in [6.45, 7) is 0. The smallest absolute Gasteiger partial charge is 0.282 e. The molecule has 9 nitrogen and oxygen atoms in total. The molecule has 3 N–H and O–H groups in total. The van der Waals surface area contributed by atoms with Gasteiger partial charge in [-0.3, -0.25) is 13.7 Å². The van der Waals surface area contributed by atoms with Crippen molar-refractivity contribution in [3.8, 4) is 0 Å². The van der Waals surface area contributed by atoms with E-state index in [1.54, 1.807) is 0 Å². The summed E-state index contributed by atoms with van der Waals surface area (Å²) in [6.07, 6.45) is 0. The van der Waals surface area contributed by atoms with Crippen molar-refractivity contribution in [2.45, 2.75) is 14.7 Å². The third-order valence-electron chi connectivity index (χ3n) is 2.64. The van der Waals surface area contributed by atoms with Crippen molar-refractivity contribution in [1.29, 1.82) is 0 Å². The van der Waals surface area contributed by atoms with Crippen LogP contribution in [0.4, 0.5) is 0 Å². The van der Waals surface area contributed by atoms with E-state index in [1.807, 2.05) is 0 Å². The minimum Gasteiger partial charge on any atom is -0.282 e. The fraction of sp³-hybridized carbons (Fsp3) is 0. The topological polar surface area (TPSA) is 163 Å². The van der Waals surface area contributed by atoms with Gasteiger partial charge in [-0.2, -0.15) is 25.3 Å². The maximum absolute atomic E-state index is 11.3. The second-order valence-electron chi connectivity index (χ2n) is 4.15. The molecule has 0 atom stereocenters. The molecular weight excluding hydrogens is 360 g/mol. The van der Waals surface area contributed by atoms with E-state index in [2.05, 4.69) is 6.07 Å². The van der Waals surface area contributed by atoms with Crippen LogP contribution in [0.25, 0.3) is 10.8 Å². The molecule has 22 heavy (non-hydrogen) atoms. The van der Waals surface area contributed by atoms with E-state index in [0.29, 0.717) is 6.07 Å². The first-order valence-electron chi connectivity index (χ1n) is 5.22. The number of benzene rings is 2. The van der Waals surface area contributed by atoms with Crippen LogP contribution in [-0.4, -0.2) is 38.9 Å². The lowest BCUT2D eigenvalue weighted by atomic mass is 10.1. The van der Waals surface area contributed by atoms with E-state index >= 15 is 0 Å². The molecule has 0 amide bonds. The first kappa shape index (κ1) is 16.8. The molecule has 0 unspecified atom stereocenters. The highest BCUT2D eigenvalue weighted by Crippen LogP contribution is 2.28. The van der Waals surface area contributed by atoms with E-state index in [4.69, 9.17) is 13.7 Å². The van der Waals surface area contributed by atoms with Crippen LogP contribution in [0.1, 0.15) is 0 Å². The number of hydrogen-bond acceptors (Lipinski definition) is 6. The molecule has 0 aliphatic carbocycles. The zero-order valence-corrected chi connectivity index (χ0v) is 12.8.